The van der Waals surface area contributed by atoms with Crippen molar-refractivity contribution in [1.29, 1.82) is 0 Å². The summed E-state index contributed by atoms with van der Waals surface area (Å²) >= 11 is 3.34. The average Bonchev–Trinajstić information content (AvgIpc) is 2.63. The second-order valence-corrected chi connectivity index (χ2v) is 5.08. The molecular weight excluding hydrogens is 296 g/mol. The van der Waals surface area contributed by atoms with Crippen LogP contribution < -0.4 is 0 Å². The number of halogens is 1. The van der Waals surface area contributed by atoms with Gasteiger partial charge in [-0.15, -0.1) is 0 Å². The van der Waals surface area contributed by atoms with Crippen molar-refractivity contribution in [3.8, 4) is 5.69 Å². The third kappa shape index (κ3) is 2.61. The topological polar surface area (TPSA) is 55.1 Å². The number of aliphatic carboxylic acids is 1. The molecule has 0 fully saturated rings. The first-order valence-electron chi connectivity index (χ1n) is 5.51. The van der Waals surface area contributed by atoms with Gasteiger partial charge in [-0.1, -0.05) is 12.1 Å². The van der Waals surface area contributed by atoms with E-state index in [0.717, 1.165) is 16.8 Å². The molecule has 1 heterocycles. The van der Waals surface area contributed by atoms with E-state index in [4.69, 9.17) is 5.11 Å². The minimum atomic E-state index is -0.887. The molecule has 0 radical (unpaired) electrons. The van der Waals surface area contributed by atoms with Crippen LogP contribution in [-0.4, -0.2) is 20.9 Å². The number of hydrogen-bond acceptors (Lipinski definition) is 2. The zero-order valence-corrected chi connectivity index (χ0v) is 11.7. The predicted molar refractivity (Wildman–Crippen MR) is 72.1 cm³/mol. The van der Waals surface area contributed by atoms with Crippen molar-refractivity contribution in [2.24, 2.45) is 0 Å². The smallest absolute Gasteiger partial charge is 0.309 e. The maximum Gasteiger partial charge on any atom is 0.309 e. The highest BCUT2D eigenvalue weighted by atomic mass is 79.9. The number of nitrogens with zero attached hydrogens (tertiary/aromatic N) is 2. The highest BCUT2D eigenvalue weighted by Crippen LogP contribution is 2.21. The third-order valence-corrected chi connectivity index (χ3v) is 3.33. The molecule has 0 aliphatic heterocycles. The van der Waals surface area contributed by atoms with E-state index in [1.54, 1.807) is 10.9 Å². The van der Waals surface area contributed by atoms with Gasteiger partial charge in [-0.25, -0.2) is 4.68 Å². The van der Waals surface area contributed by atoms with Gasteiger partial charge in [0, 0.05) is 6.20 Å². The summed E-state index contributed by atoms with van der Waals surface area (Å²) in [7, 11) is 0. The molecular formula is C13H13BrN2O2. The summed E-state index contributed by atoms with van der Waals surface area (Å²) in [6.07, 6.45) is 1.71. The van der Waals surface area contributed by atoms with E-state index in [1.165, 1.54) is 0 Å². The number of rotatable bonds is 3. The SMILES string of the molecule is Cc1ccc(C)c(-n2cc(Br)c(CC(=O)O)n2)c1. The zero-order valence-electron chi connectivity index (χ0n) is 10.1. The predicted octanol–water partition coefficient (Wildman–Crippen LogP) is 2.88. The van der Waals surface area contributed by atoms with E-state index in [9.17, 15) is 4.79 Å². The van der Waals surface area contributed by atoms with Gasteiger partial charge in [-0.3, -0.25) is 4.79 Å². The van der Waals surface area contributed by atoms with Crippen LogP contribution in [0.25, 0.3) is 5.69 Å². The van der Waals surface area contributed by atoms with Crippen LogP contribution >= 0.6 is 15.9 Å². The lowest BCUT2D eigenvalue weighted by Gasteiger charge is -2.06. The molecule has 0 saturated carbocycles. The molecule has 2 rings (SSSR count). The van der Waals surface area contributed by atoms with Crippen LogP contribution in [0.15, 0.2) is 28.9 Å². The van der Waals surface area contributed by atoms with Crippen molar-refractivity contribution < 1.29 is 9.90 Å². The van der Waals surface area contributed by atoms with E-state index in [2.05, 4.69) is 21.0 Å². The molecule has 0 bridgehead atoms. The molecule has 0 amide bonds. The van der Waals surface area contributed by atoms with Gasteiger partial charge in [0.05, 0.1) is 22.3 Å². The van der Waals surface area contributed by atoms with Crippen LogP contribution in [0.1, 0.15) is 16.8 Å². The highest BCUT2D eigenvalue weighted by molar-refractivity contribution is 9.10. The Bertz CT molecular complexity index is 605. The van der Waals surface area contributed by atoms with Crippen molar-refractivity contribution in [1.82, 2.24) is 9.78 Å². The first-order chi connectivity index (χ1) is 8.47. The Morgan fingerprint density at radius 1 is 1.44 bits per heavy atom. The Balaban J connectivity index is 2.45. The van der Waals surface area contributed by atoms with E-state index in [-0.39, 0.29) is 6.42 Å². The second kappa shape index (κ2) is 4.94. The van der Waals surface area contributed by atoms with E-state index in [1.807, 2.05) is 32.0 Å². The highest BCUT2D eigenvalue weighted by Gasteiger charge is 2.12. The van der Waals surface area contributed by atoms with E-state index >= 15 is 0 Å². The standard InChI is InChI=1S/C13H13BrN2O2/c1-8-3-4-9(2)12(5-8)16-7-10(14)11(15-16)6-13(17)18/h3-5,7H,6H2,1-2H3,(H,17,18). The van der Waals surface area contributed by atoms with Crippen LogP contribution in [0.3, 0.4) is 0 Å². The van der Waals surface area contributed by atoms with Gasteiger partial charge in [0.15, 0.2) is 0 Å². The molecule has 5 heteroatoms. The fraction of sp³-hybridized carbons (Fsp3) is 0.231. The van der Waals surface area contributed by atoms with Gasteiger partial charge in [0.1, 0.15) is 0 Å². The van der Waals surface area contributed by atoms with E-state index in [0.29, 0.717) is 10.2 Å². The molecule has 94 valence electrons. The summed E-state index contributed by atoms with van der Waals surface area (Å²) in [5, 5.41) is 13.1. The first-order valence-corrected chi connectivity index (χ1v) is 6.30. The Hall–Kier alpha value is -1.62. The Kier molecular flexibility index (Phi) is 3.52. The number of carboxylic acids is 1. The van der Waals surface area contributed by atoms with Gasteiger partial charge < -0.3 is 5.11 Å². The van der Waals surface area contributed by atoms with Gasteiger partial charge in [0.2, 0.25) is 0 Å². The quantitative estimate of drug-likeness (QED) is 0.948. The largest absolute Gasteiger partial charge is 0.481 e. The summed E-state index contributed by atoms with van der Waals surface area (Å²) < 4.78 is 2.43. The lowest BCUT2D eigenvalue weighted by atomic mass is 10.1. The second-order valence-electron chi connectivity index (χ2n) is 4.23. The fourth-order valence-electron chi connectivity index (χ4n) is 1.74. The summed E-state index contributed by atoms with van der Waals surface area (Å²) in [6.45, 7) is 4.01. The molecule has 0 spiro atoms. The summed E-state index contributed by atoms with van der Waals surface area (Å²) in [6, 6.07) is 6.09. The summed E-state index contributed by atoms with van der Waals surface area (Å²) in [5.41, 5.74) is 3.73. The number of benzene rings is 1. The molecule has 1 aromatic carbocycles. The first kappa shape index (κ1) is 12.8. The van der Waals surface area contributed by atoms with Crippen molar-refractivity contribution in [3.63, 3.8) is 0 Å². The lowest BCUT2D eigenvalue weighted by molar-refractivity contribution is -0.136. The fourth-order valence-corrected chi connectivity index (χ4v) is 2.15. The summed E-state index contributed by atoms with van der Waals surface area (Å²) in [5.74, 6) is -0.887. The maximum absolute atomic E-state index is 10.7. The van der Waals surface area contributed by atoms with Gasteiger partial charge in [-0.05, 0) is 47.0 Å². The molecule has 0 aliphatic rings. The molecule has 0 atom stereocenters. The van der Waals surface area contributed by atoms with Crippen molar-refractivity contribution >= 4 is 21.9 Å². The third-order valence-electron chi connectivity index (χ3n) is 2.67. The molecule has 1 aromatic heterocycles. The number of aromatic nitrogens is 2. The van der Waals surface area contributed by atoms with Crippen molar-refractivity contribution in [2.45, 2.75) is 20.3 Å². The van der Waals surface area contributed by atoms with Crippen molar-refractivity contribution in [2.75, 3.05) is 0 Å². The number of hydrogen-bond donors (Lipinski definition) is 1. The Morgan fingerprint density at radius 3 is 2.83 bits per heavy atom. The molecule has 0 unspecified atom stereocenters. The van der Waals surface area contributed by atoms with Crippen LogP contribution in [-0.2, 0) is 11.2 Å². The average molecular weight is 309 g/mol. The number of carboxylic acid groups (broad SMARTS) is 1. The van der Waals surface area contributed by atoms with Crippen molar-refractivity contribution in [3.05, 3.63) is 45.7 Å². The van der Waals surface area contributed by atoms with Gasteiger partial charge in [-0.2, -0.15) is 5.10 Å². The lowest BCUT2D eigenvalue weighted by Crippen LogP contribution is -2.03. The van der Waals surface area contributed by atoms with Crippen LogP contribution in [0.4, 0.5) is 0 Å². The normalized spacial score (nSPS) is 10.6. The Labute approximate surface area is 113 Å². The molecule has 0 saturated heterocycles. The molecule has 1 N–H and O–H groups in total. The number of carbonyl (C=O) groups is 1. The molecule has 4 nitrogen and oxygen atoms in total. The van der Waals surface area contributed by atoms with Gasteiger partial charge in [0.25, 0.3) is 0 Å². The maximum atomic E-state index is 10.7. The van der Waals surface area contributed by atoms with Gasteiger partial charge >= 0.3 is 5.97 Å². The molecule has 0 aliphatic carbocycles. The molecule has 18 heavy (non-hydrogen) atoms. The monoisotopic (exact) mass is 308 g/mol. The van der Waals surface area contributed by atoms with Crippen LogP contribution in [0, 0.1) is 13.8 Å². The zero-order chi connectivity index (χ0) is 13.3. The number of aryl methyl sites for hydroxylation is 2. The van der Waals surface area contributed by atoms with Crippen LogP contribution in [0.2, 0.25) is 0 Å². The minimum Gasteiger partial charge on any atom is -0.481 e. The Morgan fingerprint density at radius 2 is 2.17 bits per heavy atom. The molecule has 2 aromatic rings. The van der Waals surface area contributed by atoms with Crippen LogP contribution in [0.5, 0.6) is 0 Å². The summed E-state index contributed by atoms with van der Waals surface area (Å²) in [4.78, 5) is 10.7. The van der Waals surface area contributed by atoms with E-state index < -0.39 is 5.97 Å². The minimum absolute atomic E-state index is 0.0849.